The van der Waals surface area contributed by atoms with E-state index >= 15 is 0 Å². The standard InChI is InChI=1S/C3H4N2.4ClH.Ti/c1-2-5-3-4-1;;;;;/h1-3H,(H,4,5);4*1H;. The van der Waals surface area contributed by atoms with Crippen molar-refractivity contribution in [3.05, 3.63) is 18.7 Å². The summed E-state index contributed by atoms with van der Waals surface area (Å²) in [7, 11) is 0. The van der Waals surface area contributed by atoms with Gasteiger partial charge in [0.25, 0.3) is 0 Å². The molecule has 0 fully saturated rings. The van der Waals surface area contributed by atoms with Gasteiger partial charge in [-0.25, -0.2) is 4.98 Å². The van der Waals surface area contributed by atoms with Gasteiger partial charge in [0.2, 0.25) is 0 Å². The second-order valence-corrected chi connectivity index (χ2v) is 0.761. The predicted octanol–water partition coefficient (Wildman–Crippen LogP) is 2.09. The van der Waals surface area contributed by atoms with Crippen LogP contribution in [0.15, 0.2) is 18.7 Å². The molecule has 10 heavy (non-hydrogen) atoms. The molecule has 0 bridgehead atoms. The van der Waals surface area contributed by atoms with Gasteiger partial charge < -0.3 is 4.98 Å². The van der Waals surface area contributed by atoms with Gasteiger partial charge in [0.1, 0.15) is 0 Å². The van der Waals surface area contributed by atoms with E-state index in [1.54, 1.807) is 18.7 Å². The van der Waals surface area contributed by atoms with Crippen LogP contribution in [0.5, 0.6) is 0 Å². The molecule has 7 heteroatoms. The zero-order valence-corrected chi connectivity index (χ0v) is 9.64. The van der Waals surface area contributed by atoms with Gasteiger partial charge in [0.05, 0.1) is 6.33 Å². The Morgan fingerprint density at radius 3 is 1.60 bits per heavy atom. The molecule has 0 saturated heterocycles. The first-order valence-corrected chi connectivity index (χ1v) is 1.43. The summed E-state index contributed by atoms with van der Waals surface area (Å²) in [6.07, 6.45) is 5.08. The van der Waals surface area contributed by atoms with E-state index in [4.69, 9.17) is 0 Å². The van der Waals surface area contributed by atoms with Crippen LogP contribution in [0.1, 0.15) is 0 Å². The number of H-pyrrole nitrogens is 1. The number of rotatable bonds is 0. The topological polar surface area (TPSA) is 28.7 Å². The summed E-state index contributed by atoms with van der Waals surface area (Å²) in [5.74, 6) is 0. The molecule has 0 saturated carbocycles. The minimum Gasteiger partial charge on any atom is -0.351 e. The first kappa shape index (κ1) is 30.4. The van der Waals surface area contributed by atoms with Gasteiger partial charge in [0.15, 0.2) is 0 Å². The van der Waals surface area contributed by atoms with E-state index in [2.05, 4.69) is 9.97 Å². The summed E-state index contributed by atoms with van der Waals surface area (Å²) in [6, 6.07) is 0. The largest absolute Gasteiger partial charge is 0.351 e. The molecule has 0 atom stereocenters. The van der Waals surface area contributed by atoms with Crippen LogP contribution in [0.4, 0.5) is 0 Å². The molecule has 0 spiro atoms. The number of halogens is 4. The van der Waals surface area contributed by atoms with Gasteiger partial charge in [-0.05, 0) is 0 Å². The maximum absolute atomic E-state index is 3.67. The van der Waals surface area contributed by atoms with E-state index in [1.807, 2.05) is 0 Å². The van der Waals surface area contributed by atoms with E-state index in [0.29, 0.717) is 0 Å². The molecule has 0 aromatic carbocycles. The zero-order valence-electron chi connectivity index (χ0n) is 4.81. The molecular weight excluding hydrogens is 254 g/mol. The van der Waals surface area contributed by atoms with Crippen molar-refractivity contribution in [3.63, 3.8) is 0 Å². The van der Waals surface area contributed by atoms with Crippen molar-refractivity contribution in [2.75, 3.05) is 0 Å². The molecule has 1 N–H and O–H groups in total. The fourth-order valence-corrected chi connectivity index (χ4v) is 0.215. The maximum atomic E-state index is 3.67. The Hall–Kier alpha value is 1.08. The quantitative estimate of drug-likeness (QED) is 0.712. The monoisotopic (exact) mass is 260 g/mol. The van der Waals surface area contributed by atoms with Gasteiger partial charge in [-0.15, -0.1) is 49.6 Å². The number of hydrogen-bond acceptors (Lipinski definition) is 1. The number of nitrogens with one attached hydrogen (secondary N) is 1. The van der Waals surface area contributed by atoms with Crippen LogP contribution in [0, 0.1) is 0 Å². The number of aromatic amines is 1. The Labute approximate surface area is 99.5 Å². The van der Waals surface area contributed by atoms with Crippen molar-refractivity contribution in [2.24, 2.45) is 0 Å². The van der Waals surface area contributed by atoms with Crippen LogP contribution in [-0.2, 0) is 21.7 Å². The average molecular weight is 262 g/mol. The average Bonchev–Trinajstić information content (AvgIpc) is 1.76. The third kappa shape index (κ3) is 16.0. The molecule has 0 aliphatic carbocycles. The normalized spacial score (nSPS) is 4.00. The molecule has 2 nitrogen and oxygen atoms in total. The molecule has 62 valence electrons. The van der Waals surface area contributed by atoms with E-state index in [9.17, 15) is 0 Å². The molecule has 1 heterocycles. The van der Waals surface area contributed by atoms with E-state index in [0.717, 1.165) is 0 Å². The molecular formula is C3H8Cl4N2Ti. The molecule has 1 aromatic heterocycles. The van der Waals surface area contributed by atoms with Crippen LogP contribution in [-0.4, -0.2) is 9.97 Å². The molecule has 1 rings (SSSR count). The SMILES string of the molecule is Cl.Cl.Cl.Cl.[Ti].c1c[nH]cn1. The van der Waals surface area contributed by atoms with Gasteiger partial charge in [-0.1, -0.05) is 0 Å². The number of nitrogens with zero attached hydrogens (tertiary/aromatic N) is 1. The third-order valence-electron chi connectivity index (χ3n) is 0.406. The van der Waals surface area contributed by atoms with Crippen molar-refractivity contribution in [3.8, 4) is 0 Å². The summed E-state index contributed by atoms with van der Waals surface area (Å²) in [5, 5.41) is 0. The third-order valence-corrected chi connectivity index (χ3v) is 0.406. The van der Waals surface area contributed by atoms with Crippen LogP contribution in [0.3, 0.4) is 0 Å². The number of aromatic nitrogens is 2. The first-order chi connectivity index (χ1) is 2.50. The minimum absolute atomic E-state index is 0. The zero-order chi connectivity index (χ0) is 3.54. The summed E-state index contributed by atoms with van der Waals surface area (Å²) in [4.78, 5) is 6.42. The van der Waals surface area contributed by atoms with Gasteiger partial charge in [0, 0.05) is 34.1 Å². The van der Waals surface area contributed by atoms with Crippen molar-refractivity contribution < 1.29 is 21.7 Å². The fourth-order valence-electron chi connectivity index (χ4n) is 0.215. The van der Waals surface area contributed by atoms with E-state index < -0.39 is 0 Å². The van der Waals surface area contributed by atoms with Gasteiger partial charge in [-0.3, -0.25) is 0 Å². The Morgan fingerprint density at radius 1 is 1.00 bits per heavy atom. The van der Waals surface area contributed by atoms with Gasteiger partial charge >= 0.3 is 0 Å². The molecule has 1 aromatic rings. The Kier molecular flexibility index (Phi) is 68.5. The van der Waals surface area contributed by atoms with Crippen molar-refractivity contribution in [2.45, 2.75) is 0 Å². The number of hydrogen-bond donors (Lipinski definition) is 1. The van der Waals surface area contributed by atoms with Crippen LogP contribution >= 0.6 is 49.6 Å². The van der Waals surface area contributed by atoms with Crippen molar-refractivity contribution in [1.82, 2.24) is 9.97 Å². The Bertz CT molecular complexity index is 75.0. The minimum atomic E-state index is 0. The first-order valence-electron chi connectivity index (χ1n) is 1.43. The second-order valence-electron chi connectivity index (χ2n) is 0.761. The van der Waals surface area contributed by atoms with E-state index in [1.165, 1.54) is 0 Å². The summed E-state index contributed by atoms with van der Waals surface area (Å²) < 4.78 is 0. The molecule has 0 aliphatic rings. The predicted molar refractivity (Wildman–Crippen MR) is 47.6 cm³/mol. The second kappa shape index (κ2) is 22.5. The van der Waals surface area contributed by atoms with Crippen LogP contribution in [0.25, 0.3) is 0 Å². The molecule has 0 radical (unpaired) electrons. The molecule has 0 unspecified atom stereocenters. The smallest absolute Gasteiger partial charge is 0.0919 e. The van der Waals surface area contributed by atoms with Crippen LogP contribution in [0.2, 0.25) is 0 Å². The molecule has 0 aliphatic heterocycles. The maximum Gasteiger partial charge on any atom is 0.0919 e. The summed E-state index contributed by atoms with van der Waals surface area (Å²) in [5.41, 5.74) is 0. The van der Waals surface area contributed by atoms with Crippen LogP contribution < -0.4 is 0 Å². The summed E-state index contributed by atoms with van der Waals surface area (Å²) >= 11 is 0. The number of imidazole rings is 1. The fraction of sp³-hybridized carbons (Fsp3) is 0. The Morgan fingerprint density at radius 2 is 1.50 bits per heavy atom. The Balaban J connectivity index is -0.0000000167. The van der Waals surface area contributed by atoms with Crippen molar-refractivity contribution >= 4 is 49.6 Å². The summed E-state index contributed by atoms with van der Waals surface area (Å²) in [6.45, 7) is 0. The van der Waals surface area contributed by atoms with Gasteiger partial charge in [-0.2, -0.15) is 0 Å². The van der Waals surface area contributed by atoms with E-state index in [-0.39, 0.29) is 71.3 Å². The van der Waals surface area contributed by atoms with Crippen molar-refractivity contribution in [1.29, 1.82) is 0 Å². The molecule has 0 amide bonds.